The van der Waals surface area contributed by atoms with Gasteiger partial charge in [-0.2, -0.15) is 5.10 Å². The van der Waals surface area contributed by atoms with Gasteiger partial charge in [0.1, 0.15) is 12.7 Å². The molecule has 0 aliphatic heterocycles. The van der Waals surface area contributed by atoms with Crippen LogP contribution in [-0.4, -0.2) is 37.6 Å². The molecule has 3 rings (SSSR count). The summed E-state index contributed by atoms with van der Waals surface area (Å²) in [5.41, 5.74) is 5.85. The van der Waals surface area contributed by atoms with Crippen molar-refractivity contribution in [2.45, 2.75) is 44.6 Å². The lowest BCUT2D eigenvalue weighted by molar-refractivity contribution is -0.118. The SMILES string of the molecule is NC(=O)CC(NC(=O)c1ccnc(-n2cncn2)c1)C1CCCCC1. The van der Waals surface area contributed by atoms with Gasteiger partial charge in [-0.1, -0.05) is 19.3 Å². The van der Waals surface area contributed by atoms with Gasteiger partial charge < -0.3 is 11.1 Å². The molecule has 25 heavy (non-hydrogen) atoms. The Bertz CT molecular complexity index is 724. The van der Waals surface area contributed by atoms with Crippen molar-refractivity contribution in [1.29, 1.82) is 0 Å². The van der Waals surface area contributed by atoms with E-state index >= 15 is 0 Å². The fraction of sp³-hybridized carbons (Fsp3) is 0.471. The third-order valence-electron chi connectivity index (χ3n) is 4.62. The van der Waals surface area contributed by atoms with Crippen LogP contribution in [0.5, 0.6) is 0 Å². The number of hydrogen-bond donors (Lipinski definition) is 2. The zero-order chi connectivity index (χ0) is 17.6. The van der Waals surface area contributed by atoms with Crippen molar-refractivity contribution in [3.05, 3.63) is 36.5 Å². The Balaban J connectivity index is 1.74. The van der Waals surface area contributed by atoms with Gasteiger partial charge in [0.15, 0.2) is 5.82 Å². The average Bonchev–Trinajstić information content (AvgIpc) is 3.16. The lowest BCUT2D eigenvalue weighted by Crippen LogP contribution is -2.43. The summed E-state index contributed by atoms with van der Waals surface area (Å²) in [4.78, 5) is 32.2. The molecule has 3 N–H and O–H groups in total. The zero-order valence-electron chi connectivity index (χ0n) is 14.0. The predicted molar refractivity (Wildman–Crippen MR) is 90.8 cm³/mol. The van der Waals surface area contributed by atoms with Crippen molar-refractivity contribution < 1.29 is 9.59 Å². The molecule has 0 saturated heterocycles. The maximum Gasteiger partial charge on any atom is 0.251 e. The Morgan fingerprint density at radius 1 is 1.32 bits per heavy atom. The molecule has 2 heterocycles. The largest absolute Gasteiger partial charge is 0.370 e. The van der Waals surface area contributed by atoms with E-state index in [1.54, 1.807) is 18.3 Å². The van der Waals surface area contributed by atoms with Gasteiger partial charge in [0, 0.05) is 24.2 Å². The normalized spacial score (nSPS) is 16.3. The number of pyridine rings is 1. The Labute approximate surface area is 145 Å². The summed E-state index contributed by atoms with van der Waals surface area (Å²) < 4.78 is 1.48. The Kier molecular flexibility index (Phi) is 5.37. The van der Waals surface area contributed by atoms with Crippen molar-refractivity contribution in [3.63, 3.8) is 0 Å². The maximum absolute atomic E-state index is 12.7. The van der Waals surface area contributed by atoms with E-state index in [4.69, 9.17) is 5.73 Å². The van der Waals surface area contributed by atoms with Crippen LogP contribution in [0, 0.1) is 5.92 Å². The van der Waals surface area contributed by atoms with Crippen LogP contribution in [0.3, 0.4) is 0 Å². The van der Waals surface area contributed by atoms with E-state index in [2.05, 4.69) is 20.4 Å². The predicted octanol–water partition coefficient (Wildman–Crippen LogP) is 1.22. The van der Waals surface area contributed by atoms with Gasteiger partial charge in [0.25, 0.3) is 5.91 Å². The first-order valence-electron chi connectivity index (χ1n) is 8.53. The fourth-order valence-corrected chi connectivity index (χ4v) is 3.35. The molecule has 2 amide bonds. The highest BCUT2D eigenvalue weighted by Crippen LogP contribution is 2.28. The van der Waals surface area contributed by atoms with E-state index in [0.29, 0.717) is 17.3 Å². The number of hydrogen-bond acceptors (Lipinski definition) is 5. The van der Waals surface area contributed by atoms with Gasteiger partial charge in [-0.05, 0) is 30.9 Å². The minimum Gasteiger partial charge on any atom is -0.370 e. The molecule has 1 aliphatic carbocycles. The lowest BCUT2D eigenvalue weighted by atomic mass is 9.82. The van der Waals surface area contributed by atoms with E-state index in [0.717, 1.165) is 25.7 Å². The quantitative estimate of drug-likeness (QED) is 0.819. The van der Waals surface area contributed by atoms with Crippen molar-refractivity contribution in [2.24, 2.45) is 11.7 Å². The van der Waals surface area contributed by atoms with Crippen LogP contribution in [-0.2, 0) is 4.79 Å². The number of primary amides is 1. The molecule has 1 aliphatic rings. The fourth-order valence-electron chi connectivity index (χ4n) is 3.35. The molecule has 0 radical (unpaired) electrons. The second-order valence-corrected chi connectivity index (χ2v) is 6.39. The second kappa shape index (κ2) is 7.87. The molecular weight excluding hydrogens is 320 g/mol. The highest BCUT2D eigenvalue weighted by Gasteiger charge is 2.27. The smallest absolute Gasteiger partial charge is 0.251 e. The molecule has 1 unspecified atom stereocenters. The van der Waals surface area contributed by atoms with Crippen LogP contribution < -0.4 is 11.1 Å². The number of aromatic nitrogens is 4. The van der Waals surface area contributed by atoms with Crippen LogP contribution in [0.4, 0.5) is 0 Å². The number of nitrogens with two attached hydrogens (primary N) is 1. The minimum absolute atomic E-state index is 0.164. The number of rotatable bonds is 6. The molecule has 2 aromatic heterocycles. The minimum atomic E-state index is -0.395. The monoisotopic (exact) mass is 342 g/mol. The zero-order valence-corrected chi connectivity index (χ0v) is 14.0. The van der Waals surface area contributed by atoms with Crippen LogP contribution in [0.25, 0.3) is 5.82 Å². The van der Waals surface area contributed by atoms with E-state index in [1.165, 1.54) is 23.8 Å². The molecular formula is C17H22N6O2. The highest BCUT2D eigenvalue weighted by molar-refractivity contribution is 5.95. The molecule has 1 atom stereocenters. The first kappa shape index (κ1) is 17.1. The molecule has 0 bridgehead atoms. The molecule has 132 valence electrons. The standard InChI is InChI=1S/C17H22N6O2/c18-15(24)9-14(12-4-2-1-3-5-12)22-17(25)13-6-7-20-16(8-13)23-11-19-10-21-23/h6-8,10-12,14H,1-5,9H2,(H2,18,24)(H,22,25). The second-order valence-electron chi connectivity index (χ2n) is 6.39. The van der Waals surface area contributed by atoms with Gasteiger partial charge in [-0.25, -0.2) is 14.6 Å². The Morgan fingerprint density at radius 3 is 2.80 bits per heavy atom. The van der Waals surface area contributed by atoms with Crippen molar-refractivity contribution in [3.8, 4) is 5.82 Å². The summed E-state index contributed by atoms with van der Waals surface area (Å²) in [6.45, 7) is 0. The molecule has 0 spiro atoms. The first-order valence-corrected chi connectivity index (χ1v) is 8.53. The Hall–Kier alpha value is -2.77. The van der Waals surface area contributed by atoms with Crippen molar-refractivity contribution in [2.75, 3.05) is 0 Å². The average molecular weight is 342 g/mol. The highest BCUT2D eigenvalue weighted by atomic mass is 16.2. The van der Waals surface area contributed by atoms with Crippen LogP contribution in [0.15, 0.2) is 31.0 Å². The molecule has 2 aromatic rings. The molecule has 1 fully saturated rings. The topological polar surface area (TPSA) is 116 Å². The number of carbonyl (C=O) groups excluding carboxylic acids is 2. The summed E-state index contributed by atoms with van der Waals surface area (Å²) in [7, 11) is 0. The van der Waals surface area contributed by atoms with Crippen LogP contribution >= 0.6 is 0 Å². The third kappa shape index (κ3) is 4.40. The van der Waals surface area contributed by atoms with E-state index in [1.807, 2.05) is 0 Å². The summed E-state index contributed by atoms with van der Waals surface area (Å²) >= 11 is 0. The summed E-state index contributed by atoms with van der Waals surface area (Å²) in [5.74, 6) is 0.172. The maximum atomic E-state index is 12.7. The van der Waals surface area contributed by atoms with E-state index < -0.39 is 5.91 Å². The van der Waals surface area contributed by atoms with Gasteiger partial charge in [-0.3, -0.25) is 9.59 Å². The summed E-state index contributed by atoms with van der Waals surface area (Å²) in [6, 6.07) is 3.05. The van der Waals surface area contributed by atoms with Gasteiger partial charge in [0.2, 0.25) is 5.91 Å². The van der Waals surface area contributed by atoms with E-state index in [9.17, 15) is 9.59 Å². The lowest BCUT2D eigenvalue weighted by Gasteiger charge is -2.30. The van der Waals surface area contributed by atoms with Crippen molar-refractivity contribution >= 4 is 11.8 Å². The first-order chi connectivity index (χ1) is 12.1. The van der Waals surface area contributed by atoms with E-state index in [-0.39, 0.29) is 18.4 Å². The Morgan fingerprint density at radius 2 is 2.12 bits per heavy atom. The number of nitrogens with one attached hydrogen (secondary N) is 1. The van der Waals surface area contributed by atoms with Gasteiger partial charge >= 0.3 is 0 Å². The van der Waals surface area contributed by atoms with Gasteiger partial charge in [0.05, 0.1) is 0 Å². The molecule has 8 nitrogen and oxygen atoms in total. The number of carbonyl (C=O) groups is 2. The summed E-state index contributed by atoms with van der Waals surface area (Å²) in [5, 5.41) is 7.00. The number of amides is 2. The molecule has 0 aromatic carbocycles. The van der Waals surface area contributed by atoms with Gasteiger partial charge in [-0.15, -0.1) is 0 Å². The molecule has 1 saturated carbocycles. The molecule has 8 heteroatoms. The third-order valence-corrected chi connectivity index (χ3v) is 4.62. The van der Waals surface area contributed by atoms with Crippen LogP contribution in [0.1, 0.15) is 48.9 Å². The number of nitrogens with zero attached hydrogens (tertiary/aromatic N) is 4. The van der Waals surface area contributed by atoms with Crippen molar-refractivity contribution in [1.82, 2.24) is 25.1 Å². The van der Waals surface area contributed by atoms with Crippen LogP contribution in [0.2, 0.25) is 0 Å². The summed E-state index contributed by atoms with van der Waals surface area (Å²) in [6.07, 6.45) is 10.1.